The molecule has 29 heavy (non-hydrogen) atoms. The molecule has 1 N–H and O–H groups in total. The minimum Gasteiger partial charge on any atom is -0.504 e. The van der Waals surface area contributed by atoms with Crippen LogP contribution in [0.1, 0.15) is 5.56 Å². The molecule has 4 aromatic rings. The van der Waals surface area contributed by atoms with E-state index in [1.165, 1.54) is 7.11 Å². The van der Waals surface area contributed by atoms with Crippen molar-refractivity contribution in [3.63, 3.8) is 0 Å². The molecule has 0 radical (unpaired) electrons. The normalized spacial score (nSPS) is 11.3. The maximum Gasteiger partial charge on any atom is 0.165 e. The average Bonchev–Trinajstić information content (AvgIpc) is 3.12. The molecule has 6 heteroatoms. The summed E-state index contributed by atoms with van der Waals surface area (Å²) >= 11 is 0. The first-order valence-corrected chi connectivity index (χ1v) is 9.23. The van der Waals surface area contributed by atoms with E-state index in [0.717, 1.165) is 34.0 Å². The minimum absolute atomic E-state index is 0.0983. The van der Waals surface area contributed by atoms with Crippen LogP contribution in [0.5, 0.6) is 11.5 Å². The van der Waals surface area contributed by atoms with E-state index in [1.54, 1.807) is 24.4 Å². The number of phenolic OH excluding ortho intramolecular Hbond substituents is 1. The first-order chi connectivity index (χ1) is 14.1. The Labute approximate surface area is 169 Å². The number of anilines is 1. The van der Waals surface area contributed by atoms with Crippen molar-refractivity contribution in [1.29, 1.82) is 0 Å². The molecule has 0 bridgehead atoms. The Kier molecular flexibility index (Phi) is 4.91. The maximum atomic E-state index is 9.80. The number of pyridine rings is 1. The number of hydrogen-bond acceptors (Lipinski definition) is 5. The molecule has 0 unspecified atom stereocenters. The molecule has 2 heterocycles. The molecule has 2 aromatic carbocycles. The Morgan fingerprint density at radius 2 is 1.86 bits per heavy atom. The van der Waals surface area contributed by atoms with Gasteiger partial charge in [-0.3, -0.25) is 4.40 Å². The molecule has 0 fully saturated rings. The van der Waals surface area contributed by atoms with Gasteiger partial charge in [-0.2, -0.15) is 0 Å². The fourth-order valence-corrected chi connectivity index (χ4v) is 3.13. The van der Waals surface area contributed by atoms with Crippen molar-refractivity contribution in [2.24, 2.45) is 4.99 Å². The van der Waals surface area contributed by atoms with E-state index >= 15 is 0 Å². The summed E-state index contributed by atoms with van der Waals surface area (Å²) in [5, 5.41) is 9.80. The Bertz CT molecular complexity index is 1180. The van der Waals surface area contributed by atoms with Gasteiger partial charge in [0.15, 0.2) is 17.3 Å². The lowest BCUT2D eigenvalue weighted by Crippen LogP contribution is -2.07. The second kappa shape index (κ2) is 7.67. The molecular formula is C23H22N4O2. The van der Waals surface area contributed by atoms with Gasteiger partial charge >= 0.3 is 0 Å². The summed E-state index contributed by atoms with van der Waals surface area (Å²) in [6, 6.07) is 19.2. The predicted molar refractivity (Wildman–Crippen MR) is 117 cm³/mol. The number of aromatic nitrogens is 2. The molecule has 0 aliphatic heterocycles. The van der Waals surface area contributed by atoms with E-state index < -0.39 is 0 Å². The number of aliphatic imine (C=N–C) groups is 1. The zero-order valence-electron chi connectivity index (χ0n) is 16.6. The van der Waals surface area contributed by atoms with E-state index in [2.05, 4.69) is 29.2 Å². The van der Waals surface area contributed by atoms with Gasteiger partial charge in [-0.25, -0.2) is 9.98 Å². The topological polar surface area (TPSA) is 62.4 Å². The predicted octanol–water partition coefficient (Wildman–Crippen LogP) is 4.53. The van der Waals surface area contributed by atoms with Crippen molar-refractivity contribution in [3.05, 3.63) is 72.4 Å². The van der Waals surface area contributed by atoms with Crippen molar-refractivity contribution in [2.75, 3.05) is 26.1 Å². The van der Waals surface area contributed by atoms with Crippen LogP contribution in [0.15, 0.2) is 71.9 Å². The number of fused-ring (bicyclic) bond motifs is 1. The van der Waals surface area contributed by atoms with Gasteiger partial charge in [-0.1, -0.05) is 18.2 Å². The molecule has 0 saturated heterocycles. The van der Waals surface area contributed by atoms with Gasteiger partial charge in [0.2, 0.25) is 0 Å². The van der Waals surface area contributed by atoms with E-state index in [0.29, 0.717) is 5.75 Å². The number of imidazole rings is 1. The van der Waals surface area contributed by atoms with Crippen molar-refractivity contribution < 1.29 is 9.84 Å². The molecule has 0 saturated carbocycles. The Balaban J connectivity index is 1.80. The van der Waals surface area contributed by atoms with Crippen LogP contribution < -0.4 is 9.64 Å². The van der Waals surface area contributed by atoms with Gasteiger partial charge < -0.3 is 14.7 Å². The van der Waals surface area contributed by atoms with Crippen LogP contribution in [-0.2, 0) is 0 Å². The molecule has 2 aromatic heterocycles. The third-order valence-corrected chi connectivity index (χ3v) is 4.70. The Hall–Kier alpha value is -3.80. The summed E-state index contributed by atoms with van der Waals surface area (Å²) in [6.07, 6.45) is 3.69. The van der Waals surface area contributed by atoms with Crippen LogP contribution in [0.25, 0.3) is 16.9 Å². The van der Waals surface area contributed by atoms with Gasteiger partial charge in [-0.15, -0.1) is 0 Å². The van der Waals surface area contributed by atoms with Crippen molar-refractivity contribution in [2.45, 2.75) is 0 Å². The van der Waals surface area contributed by atoms with Crippen LogP contribution in [0.4, 0.5) is 11.5 Å². The SMILES string of the molecule is COc1cc(C=Nc2c(-c3ccc(N(C)C)cc3)nc3ccccn23)ccc1O. The lowest BCUT2D eigenvalue weighted by molar-refractivity contribution is 0.373. The van der Waals surface area contributed by atoms with Crippen LogP contribution in [0, 0.1) is 0 Å². The van der Waals surface area contributed by atoms with E-state index in [1.807, 2.05) is 42.9 Å². The summed E-state index contributed by atoms with van der Waals surface area (Å²) in [5.41, 5.74) is 4.58. The Morgan fingerprint density at radius 1 is 1.07 bits per heavy atom. The molecule has 0 amide bonds. The van der Waals surface area contributed by atoms with Crippen LogP contribution >= 0.6 is 0 Å². The number of hydrogen-bond donors (Lipinski definition) is 1. The quantitative estimate of drug-likeness (QED) is 0.512. The second-order valence-corrected chi connectivity index (χ2v) is 6.84. The molecule has 4 rings (SSSR count). The van der Waals surface area contributed by atoms with Gasteiger partial charge in [0, 0.05) is 37.8 Å². The number of methoxy groups -OCH3 is 1. The number of nitrogens with zero attached hydrogens (tertiary/aromatic N) is 4. The van der Waals surface area contributed by atoms with Crippen molar-refractivity contribution in [1.82, 2.24) is 9.38 Å². The number of aromatic hydroxyl groups is 1. The first kappa shape index (κ1) is 18.6. The van der Waals surface area contributed by atoms with Crippen LogP contribution in [0.3, 0.4) is 0 Å². The highest BCUT2D eigenvalue weighted by Crippen LogP contribution is 2.32. The van der Waals surface area contributed by atoms with Crippen LogP contribution in [-0.4, -0.2) is 41.9 Å². The summed E-state index contributed by atoms with van der Waals surface area (Å²) < 4.78 is 7.14. The van der Waals surface area contributed by atoms with E-state index in [4.69, 9.17) is 14.7 Å². The molecule has 0 aliphatic rings. The maximum absolute atomic E-state index is 9.80. The number of ether oxygens (including phenoxy) is 1. The zero-order chi connectivity index (χ0) is 20.4. The van der Waals surface area contributed by atoms with Gasteiger partial charge in [0.25, 0.3) is 0 Å². The smallest absolute Gasteiger partial charge is 0.165 e. The van der Waals surface area contributed by atoms with Crippen LogP contribution in [0.2, 0.25) is 0 Å². The lowest BCUT2D eigenvalue weighted by Gasteiger charge is -2.12. The molecule has 0 atom stereocenters. The fraction of sp³-hybridized carbons (Fsp3) is 0.130. The van der Waals surface area contributed by atoms with Gasteiger partial charge in [0.05, 0.1) is 7.11 Å². The number of benzene rings is 2. The molecule has 6 nitrogen and oxygen atoms in total. The van der Waals surface area contributed by atoms with E-state index in [9.17, 15) is 5.11 Å². The molecular weight excluding hydrogens is 364 g/mol. The minimum atomic E-state index is 0.0983. The van der Waals surface area contributed by atoms with Crippen molar-refractivity contribution >= 4 is 23.4 Å². The third-order valence-electron chi connectivity index (χ3n) is 4.70. The highest BCUT2D eigenvalue weighted by molar-refractivity contribution is 5.86. The van der Waals surface area contributed by atoms with Gasteiger partial charge in [0.1, 0.15) is 11.3 Å². The monoisotopic (exact) mass is 386 g/mol. The van der Waals surface area contributed by atoms with E-state index in [-0.39, 0.29) is 5.75 Å². The largest absolute Gasteiger partial charge is 0.504 e. The molecule has 0 spiro atoms. The van der Waals surface area contributed by atoms with Crippen molar-refractivity contribution in [3.8, 4) is 22.8 Å². The highest BCUT2D eigenvalue weighted by Gasteiger charge is 2.13. The molecule has 0 aliphatic carbocycles. The zero-order valence-corrected chi connectivity index (χ0v) is 16.6. The number of rotatable bonds is 5. The molecule has 146 valence electrons. The lowest BCUT2D eigenvalue weighted by atomic mass is 10.1. The summed E-state index contributed by atoms with van der Waals surface area (Å²) in [7, 11) is 5.55. The average molecular weight is 386 g/mol. The second-order valence-electron chi connectivity index (χ2n) is 6.84. The standard InChI is InChI=1S/C23H22N4O2/c1-26(2)18-10-8-17(9-11-18)22-23(27-13-5-4-6-21(27)25-22)24-15-16-7-12-19(28)20(14-16)29-3/h4-15,28H,1-3H3. The fourth-order valence-electron chi connectivity index (χ4n) is 3.13. The Morgan fingerprint density at radius 3 is 2.59 bits per heavy atom. The summed E-state index contributed by atoms with van der Waals surface area (Å²) in [4.78, 5) is 11.6. The summed E-state index contributed by atoms with van der Waals surface area (Å²) in [5.74, 6) is 1.25. The summed E-state index contributed by atoms with van der Waals surface area (Å²) in [6.45, 7) is 0. The van der Waals surface area contributed by atoms with Gasteiger partial charge in [-0.05, 0) is 48.0 Å². The first-order valence-electron chi connectivity index (χ1n) is 9.23. The third kappa shape index (κ3) is 3.65. The number of phenols is 1. The highest BCUT2D eigenvalue weighted by atomic mass is 16.5.